The van der Waals surface area contributed by atoms with Crippen LogP contribution in [0.5, 0.6) is 0 Å². The predicted octanol–water partition coefficient (Wildman–Crippen LogP) is 1.81. The highest BCUT2D eigenvalue weighted by atomic mass is 16.6. The second-order valence-corrected chi connectivity index (χ2v) is 6.86. The van der Waals surface area contributed by atoms with E-state index in [2.05, 4.69) is 6.07 Å². The van der Waals surface area contributed by atoms with E-state index in [1.54, 1.807) is 49.7 Å². The molecule has 0 fully saturated rings. The number of nitrogens with zero attached hydrogens (tertiary/aromatic N) is 2. The Labute approximate surface area is 145 Å². The van der Waals surface area contributed by atoms with Crippen molar-refractivity contribution in [1.29, 1.82) is 5.26 Å². The van der Waals surface area contributed by atoms with Crippen molar-refractivity contribution >= 4 is 22.8 Å². The number of carboxylic acid groups (broad SMARTS) is 1. The molecule has 0 bridgehead atoms. The Balaban J connectivity index is 2.42. The van der Waals surface area contributed by atoms with Gasteiger partial charge in [-0.25, -0.2) is 0 Å². The van der Waals surface area contributed by atoms with Crippen molar-refractivity contribution in [1.82, 2.24) is 4.57 Å². The predicted molar refractivity (Wildman–Crippen MR) is 91.8 cm³/mol. The molecule has 0 aliphatic carbocycles. The van der Waals surface area contributed by atoms with Crippen LogP contribution < -0.4 is 5.73 Å². The number of carbonyl (C=O) groups is 2. The molecular weight excluding hydrogens is 322 g/mol. The number of rotatable bonds is 5. The molecule has 0 aliphatic heterocycles. The Morgan fingerprint density at radius 1 is 1.40 bits per heavy atom. The van der Waals surface area contributed by atoms with E-state index in [1.165, 1.54) is 0 Å². The normalized spacial score (nSPS) is 12.6. The quantitative estimate of drug-likeness (QED) is 0.799. The lowest BCUT2D eigenvalue weighted by Gasteiger charge is -2.19. The van der Waals surface area contributed by atoms with Gasteiger partial charge < -0.3 is 20.1 Å². The van der Waals surface area contributed by atoms with E-state index >= 15 is 0 Å². The van der Waals surface area contributed by atoms with E-state index in [0.717, 1.165) is 5.52 Å². The number of hydrogen-bond acceptors (Lipinski definition) is 5. The van der Waals surface area contributed by atoms with Crippen molar-refractivity contribution in [3.8, 4) is 6.07 Å². The van der Waals surface area contributed by atoms with Crippen LogP contribution >= 0.6 is 0 Å². The molecular formula is C18H21N3O4. The third-order valence-electron chi connectivity index (χ3n) is 3.57. The average molecular weight is 343 g/mol. The topological polar surface area (TPSA) is 118 Å². The van der Waals surface area contributed by atoms with E-state index < -0.39 is 23.6 Å². The maximum atomic E-state index is 12.1. The van der Waals surface area contributed by atoms with Gasteiger partial charge in [-0.2, -0.15) is 5.26 Å². The summed E-state index contributed by atoms with van der Waals surface area (Å²) in [6, 6.07) is 6.04. The van der Waals surface area contributed by atoms with E-state index in [-0.39, 0.29) is 13.0 Å². The second-order valence-electron chi connectivity index (χ2n) is 6.86. The smallest absolute Gasteiger partial charge is 0.326 e. The van der Waals surface area contributed by atoms with Gasteiger partial charge in [0.2, 0.25) is 0 Å². The van der Waals surface area contributed by atoms with Crippen LogP contribution in [0.15, 0.2) is 24.4 Å². The van der Waals surface area contributed by atoms with Gasteiger partial charge in [-0.05, 0) is 44.5 Å². The van der Waals surface area contributed by atoms with Crippen molar-refractivity contribution in [2.24, 2.45) is 5.73 Å². The standard InChI is InChI=1S/C18H21N3O4/c1-18(2,3)25-16(22)10-21-9-12(7-14(20)17(23)24)13-6-11(8-19)4-5-15(13)21/h4-6,9,14H,7,10,20H2,1-3H3,(H,23,24)/t14-/m0/s1. The summed E-state index contributed by atoms with van der Waals surface area (Å²) < 4.78 is 7.02. The number of hydrogen-bond donors (Lipinski definition) is 2. The van der Waals surface area contributed by atoms with Crippen LogP contribution in [-0.2, 0) is 27.3 Å². The molecule has 1 aromatic carbocycles. The molecule has 0 saturated carbocycles. The lowest BCUT2D eigenvalue weighted by molar-refractivity contribution is -0.155. The van der Waals surface area contributed by atoms with Crippen LogP contribution in [0.3, 0.4) is 0 Å². The van der Waals surface area contributed by atoms with Gasteiger partial charge in [0.15, 0.2) is 0 Å². The molecule has 1 heterocycles. The largest absolute Gasteiger partial charge is 0.480 e. The molecule has 0 amide bonds. The van der Waals surface area contributed by atoms with Gasteiger partial charge >= 0.3 is 11.9 Å². The van der Waals surface area contributed by atoms with E-state index in [1.807, 2.05) is 0 Å². The fourth-order valence-corrected chi connectivity index (χ4v) is 2.57. The van der Waals surface area contributed by atoms with E-state index in [0.29, 0.717) is 16.5 Å². The first-order valence-corrected chi connectivity index (χ1v) is 7.83. The molecule has 0 aliphatic rings. The molecule has 0 unspecified atom stereocenters. The number of ether oxygens (including phenoxy) is 1. The highest BCUT2D eigenvalue weighted by molar-refractivity contribution is 5.87. The van der Waals surface area contributed by atoms with Crippen LogP contribution in [-0.4, -0.2) is 33.3 Å². The van der Waals surface area contributed by atoms with Crippen molar-refractivity contribution in [2.45, 2.75) is 45.4 Å². The van der Waals surface area contributed by atoms with Crippen molar-refractivity contribution < 1.29 is 19.4 Å². The minimum Gasteiger partial charge on any atom is -0.480 e. The van der Waals surface area contributed by atoms with Gasteiger partial charge in [0.05, 0.1) is 11.6 Å². The van der Waals surface area contributed by atoms with Crippen LogP contribution in [0.1, 0.15) is 31.9 Å². The first kappa shape index (κ1) is 18.5. The molecule has 1 aromatic heterocycles. The molecule has 1 atom stereocenters. The fourth-order valence-electron chi connectivity index (χ4n) is 2.57. The molecule has 25 heavy (non-hydrogen) atoms. The molecule has 7 heteroatoms. The van der Waals surface area contributed by atoms with E-state index in [4.69, 9.17) is 20.8 Å². The first-order valence-electron chi connectivity index (χ1n) is 7.83. The Morgan fingerprint density at radius 2 is 2.08 bits per heavy atom. The summed E-state index contributed by atoms with van der Waals surface area (Å²) in [6.45, 7) is 5.35. The minimum atomic E-state index is -1.11. The van der Waals surface area contributed by atoms with Crippen molar-refractivity contribution in [3.63, 3.8) is 0 Å². The fraction of sp³-hybridized carbons (Fsp3) is 0.389. The number of carboxylic acids is 1. The number of aliphatic carboxylic acids is 1. The molecule has 3 N–H and O–H groups in total. The summed E-state index contributed by atoms with van der Waals surface area (Å²) in [7, 11) is 0. The van der Waals surface area contributed by atoms with Crippen LogP contribution in [0.25, 0.3) is 10.9 Å². The molecule has 0 spiro atoms. The second kappa shape index (κ2) is 6.95. The lowest BCUT2D eigenvalue weighted by Crippen LogP contribution is -2.32. The van der Waals surface area contributed by atoms with Crippen LogP contribution in [0, 0.1) is 11.3 Å². The number of fused-ring (bicyclic) bond motifs is 1. The van der Waals surface area contributed by atoms with Crippen molar-refractivity contribution in [3.05, 3.63) is 35.5 Å². The van der Waals surface area contributed by atoms with E-state index in [9.17, 15) is 9.59 Å². The van der Waals surface area contributed by atoms with Crippen LogP contribution in [0.2, 0.25) is 0 Å². The Bertz CT molecular complexity index is 856. The zero-order valence-corrected chi connectivity index (χ0v) is 14.4. The third kappa shape index (κ3) is 4.58. The van der Waals surface area contributed by atoms with Gasteiger partial charge in [-0.1, -0.05) is 0 Å². The number of nitriles is 1. The SMILES string of the molecule is CC(C)(C)OC(=O)Cn1cc(C[C@H](N)C(=O)O)c2cc(C#N)ccc21. The summed E-state index contributed by atoms with van der Waals surface area (Å²) >= 11 is 0. The Hall–Kier alpha value is -2.85. The highest BCUT2D eigenvalue weighted by Gasteiger charge is 2.20. The Morgan fingerprint density at radius 3 is 2.64 bits per heavy atom. The molecule has 132 valence electrons. The van der Waals surface area contributed by atoms with Crippen molar-refractivity contribution in [2.75, 3.05) is 0 Å². The highest BCUT2D eigenvalue weighted by Crippen LogP contribution is 2.24. The van der Waals surface area contributed by atoms with Gasteiger partial charge in [-0.15, -0.1) is 0 Å². The minimum absolute atomic E-state index is 0.0119. The third-order valence-corrected chi connectivity index (χ3v) is 3.57. The summed E-state index contributed by atoms with van der Waals surface area (Å²) in [4.78, 5) is 23.2. The number of nitrogens with two attached hydrogens (primary N) is 1. The maximum Gasteiger partial charge on any atom is 0.326 e. The Kier molecular flexibility index (Phi) is 5.14. The van der Waals surface area contributed by atoms with Gasteiger partial charge in [0.1, 0.15) is 18.2 Å². The average Bonchev–Trinajstić information content (AvgIpc) is 2.82. The maximum absolute atomic E-state index is 12.1. The number of esters is 1. The summed E-state index contributed by atoms with van der Waals surface area (Å²) in [5.74, 6) is -1.51. The molecule has 0 saturated heterocycles. The molecule has 2 rings (SSSR count). The molecule has 7 nitrogen and oxygen atoms in total. The number of carbonyl (C=O) groups excluding carboxylic acids is 1. The summed E-state index contributed by atoms with van der Waals surface area (Å²) in [6.07, 6.45) is 1.79. The van der Waals surface area contributed by atoms with Crippen LogP contribution in [0.4, 0.5) is 0 Å². The zero-order valence-electron chi connectivity index (χ0n) is 14.4. The first-order chi connectivity index (χ1) is 11.6. The van der Waals surface area contributed by atoms with Gasteiger partial charge in [0.25, 0.3) is 0 Å². The van der Waals surface area contributed by atoms with Gasteiger partial charge in [0, 0.05) is 23.5 Å². The molecule has 2 aromatic rings. The summed E-state index contributed by atoms with van der Waals surface area (Å²) in [5, 5.41) is 18.8. The number of aromatic nitrogens is 1. The monoisotopic (exact) mass is 343 g/mol. The molecule has 0 radical (unpaired) electrons. The lowest BCUT2D eigenvalue weighted by atomic mass is 10.0. The number of benzene rings is 1. The van der Waals surface area contributed by atoms with Gasteiger partial charge in [-0.3, -0.25) is 9.59 Å². The summed E-state index contributed by atoms with van der Waals surface area (Å²) in [5.41, 5.74) is 6.89. The zero-order chi connectivity index (χ0) is 18.8.